The number of hydrogen-bond acceptors (Lipinski definition) is 1. The smallest absolute Gasteiger partial charge is 0.0512 e. The predicted molar refractivity (Wildman–Crippen MR) is 63.4 cm³/mol. The molecule has 84 valence electrons. The molecule has 0 spiro atoms. The summed E-state index contributed by atoms with van der Waals surface area (Å²) in [6.07, 6.45) is 14.2. The van der Waals surface area contributed by atoms with Crippen LogP contribution in [0.5, 0.6) is 0 Å². The van der Waals surface area contributed by atoms with Crippen LogP contribution in [0, 0.1) is 0 Å². The lowest BCUT2D eigenvalue weighted by atomic mass is 10.1. The zero-order valence-electron chi connectivity index (χ0n) is 9.84. The highest BCUT2D eigenvalue weighted by Crippen LogP contribution is 2.05. The van der Waals surface area contributed by atoms with E-state index in [1.165, 1.54) is 32.1 Å². The van der Waals surface area contributed by atoms with Gasteiger partial charge in [0.05, 0.1) is 6.10 Å². The third kappa shape index (κ3) is 11.7. The standard InChI is InChI=1S/C13H26O/c1-3-4-5-6-7-8-9-10-11-12-13(2)14/h8-9,13-14H,3-7,10-12H2,1-2H3. The minimum absolute atomic E-state index is 0.132. The molecular weight excluding hydrogens is 172 g/mol. The number of unbranched alkanes of at least 4 members (excludes halogenated alkanes) is 5. The summed E-state index contributed by atoms with van der Waals surface area (Å²) in [6, 6.07) is 0. The van der Waals surface area contributed by atoms with Gasteiger partial charge >= 0.3 is 0 Å². The Labute approximate surface area is 89.2 Å². The predicted octanol–water partition coefficient (Wildman–Crippen LogP) is 4.06. The van der Waals surface area contributed by atoms with E-state index in [1.54, 1.807) is 0 Å². The van der Waals surface area contributed by atoms with E-state index in [4.69, 9.17) is 5.11 Å². The average molecular weight is 198 g/mol. The molecule has 0 aliphatic heterocycles. The first kappa shape index (κ1) is 13.7. The summed E-state index contributed by atoms with van der Waals surface area (Å²) >= 11 is 0. The van der Waals surface area contributed by atoms with Crippen LogP contribution in [0.3, 0.4) is 0 Å². The first-order valence-corrected chi connectivity index (χ1v) is 6.10. The van der Waals surface area contributed by atoms with Gasteiger partial charge in [0, 0.05) is 0 Å². The van der Waals surface area contributed by atoms with Gasteiger partial charge in [-0.3, -0.25) is 0 Å². The molecule has 1 N–H and O–H groups in total. The molecule has 0 radical (unpaired) electrons. The number of allylic oxidation sites excluding steroid dienone is 2. The third-order valence-electron chi connectivity index (χ3n) is 2.38. The Morgan fingerprint density at radius 1 is 1.00 bits per heavy atom. The summed E-state index contributed by atoms with van der Waals surface area (Å²) < 4.78 is 0. The highest BCUT2D eigenvalue weighted by molar-refractivity contribution is 4.81. The van der Waals surface area contributed by atoms with E-state index in [-0.39, 0.29) is 6.10 Å². The molecule has 0 fully saturated rings. The summed E-state index contributed by atoms with van der Waals surface area (Å²) in [6.45, 7) is 4.10. The molecule has 0 bridgehead atoms. The first-order valence-electron chi connectivity index (χ1n) is 6.10. The largest absolute Gasteiger partial charge is 0.393 e. The average Bonchev–Trinajstić information content (AvgIpc) is 2.15. The van der Waals surface area contributed by atoms with Crippen LogP contribution in [0.15, 0.2) is 12.2 Å². The van der Waals surface area contributed by atoms with Gasteiger partial charge < -0.3 is 5.11 Å². The van der Waals surface area contributed by atoms with Gasteiger partial charge in [-0.1, -0.05) is 38.3 Å². The Morgan fingerprint density at radius 2 is 1.64 bits per heavy atom. The van der Waals surface area contributed by atoms with Gasteiger partial charge in [0.25, 0.3) is 0 Å². The lowest BCUT2D eigenvalue weighted by Crippen LogP contribution is -1.97. The number of hydrogen-bond donors (Lipinski definition) is 1. The molecule has 0 heterocycles. The number of aliphatic hydroxyl groups is 1. The Hall–Kier alpha value is -0.300. The highest BCUT2D eigenvalue weighted by Gasteiger charge is 1.92. The van der Waals surface area contributed by atoms with Crippen molar-refractivity contribution in [2.45, 2.75) is 71.3 Å². The normalized spacial score (nSPS) is 13.6. The zero-order valence-corrected chi connectivity index (χ0v) is 9.84. The van der Waals surface area contributed by atoms with Crippen molar-refractivity contribution in [1.29, 1.82) is 0 Å². The lowest BCUT2D eigenvalue weighted by Gasteiger charge is -2.00. The Kier molecular flexibility index (Phi) is 10.5. The fraction of sp³-hybridized carbons (Fsp3) is 0.846. The van der Waals surface area contributed by atoms with E-state index >= 15 is 0 Å². The molecule has 0 aromatic heterocycles. The minimum atomic E-state index is -0.132. The van der Waals surface area contributed by atoms with Crippen molar-refractivity contribution in [3.8, 4) is 0 Å². The summed E-state index contributed by atoms with van der Waals surface area (Å²) in [5, 5.41) is 9.03. The second kappa shape index (κ2) is 10.8. The summed E-state index contributed by atoms with van der Waals surface area (Å²) in [5.41, 5.74) is 0. The van der Waals surface area contributed by atoms with Gasteiger partial charge in [0.1, 0.15) is 0 Å². The Balaban J connectivity index is 3.04. The molecule has 0 aromatic carbocycles. The Bertz CT molecular complexity index is 127. The van der Waals surface area contributed by atoms with E-state index in [0.717, 1.165) is 19.3 Å². The molecule has 0 amide bonds. The molecular formula is C13H26O. The molecule has 14 heavy (non-hydrogen) atoms. The van der Waals surface area contributed by atoms with Gasteiger partial charge in [-0.05, 0) is 39.0 Å². The van der Waals surface area contributed by atoms with E-state index in [9.17, 15) is 0 Å². The van der Waals surface area contributed by atoms with Crippen molar-refractivity contribution in [2.75, 3.05) is 0 Å². The molecule has 1 unspecified atom stereocenters. The second-order valence-electron chi connectivity index (χ2n) is 4.10. The van der Waals surface area contributed by atoms with Gasteiger partial charge in [0.2, 0.25) is 0 Å². The minimum Gasteiger partial charge on any atom is -0.393 e. The van der Waals surface area contributed by atoms with Crippen LogP contribution >= 0.6 is 0 Å². The van der Waals surface area contributed by atoms with E-state index < -0.39 is 0 Å². The fourth-order valence-corrected chi connectivity index (χ4v) is 1.46. The maximum atomic E-state index is 9.03. The van der Waals surface area contributed by atoms with Gasteiger partial charge in [-0.2, -0.15) is 0 Å². The van der Waals surface area contributed by atoms with Crippen LogP contribution in [-0.2, 0) is 0 Å². The van der Waals surface area contributed by atoms with Crippen molar-refractivity contribution in [2.24, 2.45) is 0 Å². The molecule has 1 nitrogen and oxygen atoms in total. The van der Waals surface area contributed by atoms with Crippen LogP contribution in [0.2, 0.25) is 0 Å². The topological polar surface area (TPSA) is 20.2 Å². The molecule has 0 saturated carbocycles. The molecule has 0 rings (SSSR count). The fourth-order valence-electron chi connectivity index (χ4n) is 1.46. The number of aliphatic hydroxyl groups excluding tert-OH is 1. The SMILES string of the molecule is CCCCCCC=CCCCC(C)O. The van der Waals surface area contributed by atoms with E-state index in [0.29, 0.717) is 0 Å². The molecule has 0 aliphatic rings. The maximum Gasteiger partial charge on any atom is 0.0512 e. The van der Waals surface area contributed by atoms with Gasteiger partial charge in [0.15, 0.2) is 0 Å². The van der Waals surface area contributed by atoms with Crippen molar-refractivity contribution in [1.82, 2.24) is 0 Å². The molecule has 0 aromatic rings. The van der Waals surface area contributed by atoms with Crippen LogP contribution in [0.1, 0.15) is 65.2 Å². The lowest BCUT2D eigenvalue weighted by molar-refractivity contribution is 0.182. The van der Waals surface area contributed by atoms with Gasteiger partial charge in [-0.25, -0.2) is 0 Å². The third-order valence-corrected chi connectivity index (χ3v) is 2.38. The van der Waals surface area contributed by atoms with Crippen LogP contribution < -0.4 is 0 Å². The molecule has 0 saturated heterocycles. The maximum absolute atomic E-state index is 9.03. The van der Waals surface area contributed by atoms with Crippen LogP contribution in [0.4, 0.5) is 0 Å². The first-order chi connectivity index (χ1) is 6.77. The van der Waals surface area contributed by atoms with Crippen molar-refractivity contribution < 1.29 is 5.11 Å². The van der Waals surface area contributed by atoms with Crippen molar-refractivity contribution in [3.63, 3.8) is 0 Å². The molecule has 1 heteroatoms. The quantitative estimate of drug-likeness (QED) is 0.437. The van der Waals surface area contributed by atoms with Crippen LogP contribution in [-0.4, -0.2) is 11.2 Å². The molecule has 1 atom stereocenters. The summed E-state index contributed by atoms with van der Waals surface area (Å²) in [4.78, 5) is 0. The van der Waals surface area contributed by atoms with Crippen molar-refractivity contribution >= 4 is 0 Å². The van der Waals surface area contributed by atoms with Crippen LogP contribution in [0.25, 0.3) is 0 Å². The number of rotatable bonds is 9. The Morgan fingerprint density at radius 3 is 2.21 bits per heavy atom. The van der Waals surface area contributed by atoms with E-state index in [2.05, 4.69) is 19.1 Å². The summed E-state index contributed by atoms with van der Waals surface area (Å²) in [7, 11) is 0. The van der Waals surface area contributed by atoms with E-state index in [1.807, 2.05) is 6.92 Å². The van der Waals surface area contributed by atoms with Crippen molar-refractivity contribution in [3.05, 3.63) is 12.2 Å². The van der Waals surface area contributed by atoms with Gasteiger partial charge in [-0.15, -0.1) is 0 Å². The zero-order chi connectivity index (χ0) is 10.6. The molecule has 0 aliphatic carbocycles. The monoisotopic (exact) mass is 198 g/mol. The highest BCUT2D eigenvalue weighted by atomic mass is 16.3. The second-order valence-corrected chi connectivity index (χ2v) is 4.10. The summed E-state index contributed by atoms with van der Waals surface area (Å²) in [5.74, 6) is 0.